The minimum Gasteiger partial charge on any atom is -0.490 e. The van der Waals surface area contributed by atoms with Crippen LogP contribution in [0.3, 0.4) is 0 Å². The third kappa shape index (κ3) is 7.08. The maximum absolute atomic E-state index is 12.3. The van der Waals surface area contributed by atoms with E-state index >= 15 is 0 Å². The Labute approximate surface area is 197 Å². The van der Waals surface area contributed by atoms with Gasteiger partial charge in [-0.15, -0.1) is 0 Å². The molecular weight excluding hydrogens is 442 g/mol. The van der Waals surface area contributed by atoms with Crippen LogP contribution >= 0.6 is 11.6 Å². The van der Waals surface area contributed by atoms with Gasteiger partial charge in [-0.3, -0.25) is 9.59 Å². The lowest BCUT2D eigenvalue weighted by Crippen LogP contribution is -2.20. The van der Waals surface area contributed by atoms with Gasteiger partial charge in [-0.1, -0.05) is 47.5 Å². The summed E-state index contributed by atoms with van der Waals surface area (Å²) in [6.45, 7) is 3.92. The van der Waals surface area contributed by atoms with E-state index in [1.54, 1.807) is 36.4 Å². The van der Waals surface area contributed by atoms with E-state index in [1.807, 2.05) is 44.2 Å². The van der Waals surface area contributed by atoms with Crippen molar-refractivity contribution in [2.75, 3.05) is 18.5 Å². The quantitative estimate of drug-likeness (QED) is 0.350. The molecule has 0 aromatic heterocycles. The zero-order valence-electron chi connectivity index (χ0n) is 18.3. The molecular formula is C25H24ClN3O4. The standard InChI is InChI=1S/C25H24ClN3O4/c1-3-32-22-14-18(15-27-29-25(31)19-7-5-4-6-8-19)13-21(26)24(22)33-16-23(30)28-20-11-9-17(2)10-12-20/h4-15H,3,16H2,1-2H3,(H,28,30)(H,29,31)/b27-15+. The first-order valence-corrected chi connectivity index (χ1v) is 10.7. The van der Waals surface area contributed by atoms with Gasteiger partial charge in [0, 0.05) is 11.3 Å². The number of halogens is 1. The Morgan fingerprint density at radius 2 is 1.76 bits per heavy atom. The van der Waals surface area contributed by atoms with E-state index < -0.39 is 0 Å². The molecule has 0 saturated carbocycles. The molecule has 2 N–H and O–H groups in total. The Bertz CT molecular complexity index is 1130. The van der Waals surface area contributed by atoms with E-state index in [-0.39, 0.29) is 29.2 Å². The van der Waals surface area contributed by atoms with E-state index in [1.165, 1.54) is 6.21 Å². The molecule has 7 nitrogen and oxygen atoms in total. The molecule has 0 heterocycles. The fraction of sp³-hybridized carbons (Fsp3) is 0.160. The summed E-state index contributed by atoms with van der Waals surface area (Å²) in [7, 11) is 0. The highest BCUT2D eigenvalue weighted by Gasteiger charge is 2.14. The number of nitrogens with zero attached hydrogens (tertiary/aromatic N) is 1. The summed E-state index contributed by atoms with van der Waals surface area (Å²) in [5.74, 6) is -0.0406. The molecule has 3 aromatic rings. The SMILES string of the molecule is CCOc1cc(/C=N/NC(=O)c2ccccc2)cc(Cl)c1OCC(=O)Nc1ccc(C)cc1. The van der Waals surface area contributed by atoms with E-state index in [0.717, 1.165) is 5.56 Å². The van der Waals surface area contributed by atoms with Gasteiger partial charge in [0.25, 0.3) is 11.8 Å². The van der Waals surface area contributed by atoms with Crippen molar-refractivity contribution in [1.82, 2.24) is 5.43 Å². The van der Waals surface area contributed by atoms with Crippen molar-refractivity contribution in [3.63, 3.8) is 0 Å². The van der Waals surface area contributed by atoms with E-state index in [9.17, 15) is 9.59 Å². The van der Waals surface area contributed by atoms with Crippen LogP contribution in [0.15, 0.2) is 71.8 Å². The molecule has 0 fully saturated rings. The molecule has 8 heteroatoms. The minimum atomic E-state index is -0.331. The van der Waals surface area contributed by atoms with Crippen molar-refractivity contribution in [3.05, 3.63) is 88.4 Å². The van der Waals surface area contributed by atoms with Crippen molar-refractivity contribution < 1.29 is 19.1 Å². The summed E-state index contributed by atoms with van der Waals surface area (Å²) in [6.07, 6.45) is 1.45. The van der Waals surface area contributed by atoms with Gasteiger partial charge in [0.05, 0.1) is 17.8 Å². The molecule has 33 heavy (non-hydrogen) atoms. The fourth-order valence-corrected chi connectivity index (χ4v) is 3.13. The highest BCUT2D eigenvalue weighted by atomic mass is 35.5. The average Bonchev–Trinajstić information content (AvgIpc) is 2.81. The van der Waals surface area contributed by atoms with Gasteiger partial charge in [0.1, 0.15) is 0 Å². The molecule has 0 aliphatic carbocycles. The summed E-state index contributed by atoms with van der Waals surface area (Å²) in [5.41, 5.74) is 5.32. The fourth-order valence-electron chi connectivity index (χ4n) is 2.86. The first kappa shape index (κ1) is 23.8. The van der Waals surface area contributed by atoms with Gasteiger partial charge in [-0.05, 0) is 55.8 Å². The summed E-state index contributed by atoms with van der Waals surface area (Å²) in [6, 6.07) is 19.5. The second-order valence-electron chi connectivity index (χ2n) is 7.03. The highest BCUT2D eigenvalue weighted by Crippen LogP contribution is 2.36. The number of benzene rings is 3. The lowest BCUT2D eigenvalue weighted by molar-refractivity contribution is -0.118. The zero-order chi connectivity index (χ0) is 23.6. The van der Waals surface area contributed by atoms with Crippen LogP contribution in [-0.2, 0) is 4.79 Å². The molecule has 3 rings (SSSR count). The summed E-state index contributed by atoms with van der Waals surface area (Å²) in [5, 5.41) is 6.99. The number of hydrogen-bond donors (Lipinski definition) is 2. The molecule has 3 aromatic carbocycles. The van der Waals surface area contributed by atoms with Crippen molar-refractivity contribution in [1.29, 1.82) is 0 Å². The number of hydrazone groups is 1. The van der Waals surface area contributed by atoms with Crippen LogP contribution < -0.4 is 20.2 Å². The number of aryl methyl sites for hydroxylation is 1. The smallest absolute Gasteiger partial charge is 0.271 e. The van der Waals surface area contributed by atoms with E-state index in [4.69, 9.17) is 21.1 Å². The maximum atomic E-state index is 12.3. The van der Waals surface area contributed by atoms with Crippen LogP contribution in [0.4, 0.5) is 5.69 Å². The number of carbonyl (C=O) groups is 2. The Balaban J connectivity index is 1.65. The predicted molar refractivity (Wildman–Crippen MR) is 129 cm³/mol. The van der Waals surface area contributed by atoms with Gasteiger partial charge in [-0.2, -0.15) is 5.10 Å². The highest BCUT2D eigenvalue weighted by molar-refractivity contribution is 6.32. The largest absolute Gasteiger partial charge is 0.490 e. The number of anilines is 1. The van der Waals surface area contributed by atoms with Crippen LogP contribution in [0.25, 0.3) is 0 Å². The topological polar surface area (TPSA) is 89.0 Å². The first-order chi connectivity index (χ1) is 16.0. The minimum absolute atomic E-state index is 0.242. The number of rotatable bonds is 9. The Morgan fingerprint density at radius 1 is 1.03 bits per heavy atom. The predicted octanol–water partition coefficient (Wildman–Crippen LogP) is 4.83. The molecule has 0 atom stereocenters. The Morgan fingerprint density at radius 3 is 2.45 bits per heavy atom. The van der Waals surface area contributed by atoms with Gasteiger partial charge in [-0.25, -0.2) is 5.43 Å². The molecule has 0 aliphatic heterocycles. The van der Waals surface area contributed by atoms with E-state index in [2.05, 4.69) is 15.8 Å². The third-order valence-electron chi connectivity index (χ3n) is 4.43. The maximum Gasteiger partial charge on any atom is 0.271 e. The van der Waals surface area contributed by atoms with Gasteiger partial charge < -0.3 is 14.8 Å². The van der Waals surface area contributed by atoms with Crippen molar-refractivity contribution >= 4 is 35.3 Å². The van der Waals surface area contributed by atoms with Crippen molar-refractivity contribution in [2.24, 2.45) is 5.10 Å². The molecule has 0 radical (unpaired) electrons. The molecule has 0 aliphatic rings. The first-order valence-electron chi connectivity index (χ1n) is 10.3. The monoisotopic (exact) mass is 465 g/mol. The molecule has 0 saturated heterocycles. The van der Waals surface area contributed by atoms with Gasteiger partial charge in [0.2, 0.25) is 0 Å². The lowest BCUT2D eigenvalue weighted by atomic mass is 10.2. The molecule has 0 spiro atoms. The molecule has 2 amide bonds. The number of amides is 2. The normalized spacial score (nSPS) is 10.6. The van der Waals surface area contributed by atoms with Crippen molar-refractivity contribution in [3.8, 4) is 11.5 Å². The second kappa shape index (κ2) is 11.7. The third-order valence-corrected chi connectivity index (χ3v) is 4.71. The average molecular weight is 466 g/mol. The van der Waals surface area contributed by atoms with E-state index in [0.29, 0.717) is 29.2 Å². The van der Waals surface area contributed by atoms with Crippen LogP contribution in [-0.4, -0.2) is 31.2 Å². The number of ether oxygens (including phenoxy) is 2. The Kier molecular flexibility index (Phi) is 8.43. The van der Waals surface area contributed by atoms with Crippen LogP contribution in [0.2, 0.25) is 5.02 Å². The molecule has 0 unspecified atom stereocenters. The number of hydrogen-bond acceptors (Lipinski definition) is 5. The summed E-state index contributed by atoms with van der Waals surface area (Å²) in [4.78, 5) is 24.3. The van der Waals surface area contributed by atoms with Crippen molar-refractivity contribution in [2.45, 2.75) is 13.8 Å². The number of nitrogens with one attached hydrogen (secondary N) is 2. The Hall–Kier alpha value is -3.84. The summed E-state index contributed by atoms with van der Waals surface area (Å²) < 4.78 is 11.3. The van der Waals surface area contributed by atoms with Crippen LogP contribution in [0, 0.1) is 6.92 Å². The van der Waals surface area contributed by atoms with Crippen LogP contribution in [0.5, 0.6) is 11.5 Å². The second-order valence-corrected chi connectivity index (χ2v) is 7.44. The number of carbonyl (C=O) groups excluding carboxylic acids is 2. The van der Waals surface area contributed by atoms with Gasteiger partial charge >= 0.3 is 0 Å². The molecule has 170 valence electrons. The van der Waals surface area contributed by atoms with Crippen LogP contribution in [0.1, 0.15) is 28.4 Å². The molecule has 0 bridgehead atoms. The van der Waals surface area contributed by atoms with Gasteiger partial charge in [0.15, 0.2) is 18.1 Å². The lowest BCUT2D eigenvalue weighted by Gasteiger charge is -2.14. The summed E-state index contributed by atoms with van der Waals surface area (Å²) >= 11 is 6.38. The zero-order valence-corrected chi connectivity index (χ0v) is 19.1.